The molecule has 4 nitrogen and oxygen atoms in total. The SMILES string of the molecule is COc1ccc2c(CN3CC4CC5CC(C4)CC3C5)cc(=O)oc2c1. The highest BCUT2D eigenvalue weighted by molar-refractivity contribution is 5.81. The van der Waals surface area contributed by atoms with E-state index < -0.39 is 0 Å². The van der Waals surface area contributed by atoms with Crippen molar-refractivity contribution < 1.29 is 9.15 Å². The maximum atomic E-state index is 12.1. The van der Waals surface area contributed by atoms with Crippen LogP contribution in [0.2, 0.25) is 0 Å². The van der Waals surface area contributed by atoms with Crippen molar-refractivity contribution in [1.82, 2.24) is 4.90 Å². The average Bonchev–Trinajstić information content (AvgIpc) is 2.77. The van der Waals surface area contributed by atoms with Crippen molar-refractivity contribution >= 4 is 11.0 Å². The van der Waals surface area contributed by atoms with E-state index in [1.165, 1.54) is 38.6 Å². The maximum Gasteiger partial charge on any atom is 0.336 e. The maximum absolute atomic E-state index is 12.1. The van der Waals surface area contributed by atoms with Crippen molar-refractivity contribution in [3.05, 3.63) is 40.2 Å². The van der Waals surface area contributed by atoms with E-state index in [1.54, 1.807) is 13.2 Å². The van der Waals surface area contributed by atoms with Gasteiger partial charge in [0.2, 0.25) is 0 Å². The van der Waals surface area contributed by atoms with Crippen LogP contribution in [0.15, 0.2) is 33.5 Å². The molecule has 3 heterocycles. The predicted octanol–water partition coefficient (Wildman–Crippen LogP) is 3.81. The fraction of sp³-hybridized carbons (Fsp3) is 0.571. The minimum absolute atomic E-state index is 0.267. The number of hydrogen-bond acceptors (Lipinski definition) is 4. The molecule has 2 aliphatic carbocycles. The van der Waals surface area contributed by atoms with E-state index in [-0.39, 0.29) is 5.63 Å². The molecule has 2 atom stereocenters. The molecule has 1 aromatic heterocycles. The average molecular weight is 339 g/mol. The first-order valence-corrected chi connectivity index (χ1v) is 9.53. The van der Waals surface area contributed by atoms with Crippen molar-refractivity contribution in [2.24, 2.45) is 17.8 Å². The number of fused-ring (bicyclic) bond motifs is 2. The molecular formula is C21H25NO3. The van der Waals surface area contributed by atoms with Crippen molar-refractivity contribution in [3.63, 3.8) is 0 Å². The Bertz CT molecular complexity index is 844. The summed E-state index contributed by atoms with van der Waals surface area (Å²) in [5.74, 6) is 3.45. The van der Waals surface area contributed by atoms with Crippen LogP contribution in [0, 0.1) is 17.8 Å². The van der Waals surface area contributed by atoms with Gasteiger partial charge in [-0.2, -0.15) is 0 Å². The van der Waals surface area contributed by atoms with Crippen LogP contribution < -0.4 is 10.4 Å². The normalized spacial score (nSPS) is 31.4. The number of methoxy groups -OCH3 is 1. The molecular weight excluding hydrogens is 314 g/mol. The minimum atomic E-state index is -0.267. The molecule has 2 saturated carbocycles. The summed E-state index contributed by atoms with van der Waals surface area (Å²) in [7, 11) is 1.63. The molecule has 132 valence electrons. The first-order valence-electron chi connectivity index (χ1n) is 9.53. The largest absolute Gasteiger partial charge is 0.497 e. The van der Waals surface area contributed by atoms with Gasteiger partial charge in [0.15, 0.2) is 0 Å². The predicted molar refractivity (Wildman–Crippen MR) is 96.8 cm³/mol. The molecule has 4 heteroatoms. The third-order valence-electron chi connectivity index (χ3n) is 6.63. The highest BCUT2D eigenvalue weighted by Crippen LogP contribution is 2.47. The lowest BCUT2D eigenvalue weighted by Crippen LogP contribution is -2.37. The molecule has 4 aliphatic rings. The van der Waals surface area contributed by atoms with E-state index in [9.17, 15) is 4.79 Å². The smallest absolute Gasteiger partial charge is 0.336 e. The lowest BCUT2D eigenvalue weighted by Gasteiger charge is -2.39. The summed E-state index contributed by atoms with van der Waals surface area (Å²) in [6.45, 7) is 2.05. The molecule has 2 saturated heterocycles. The second kappa shape index (κ2) is 5.87. The van der Waals surface area contributed by atoms with Crippen molar-refractivity contribution in [2.45, 2.75) is 44.7 Å². The third-order valence-corrected chi connectivity index (χ3v) is 6.63. The van der Waals surface area contributed by atoms with Crippen LogP contribution in [0.1, 0.15) is 37.7 Å². The van der Waals surface area contributed by atoms with Crippen molar-refractivity contribution in [3.8, 4) is 5.75 Å². The number of rotatable bonds is 3. The Labute approximate surface area is 147 Å². The van der Waals surface area contributed by atoms with E-state index in [2.05, 4.69) is 4.90 Å². The number of ether oxygens (including phenoxy) is 1. The van der Waals surface area contributed by atoms with Gasteiger partial charge in [-0.25, -0.2) is 4.79 Å². The monoisotopic (exact) mass is 339 g/mol. The van der Waals surface area contributed by atoms with Gasteiger partial charge in [0, 0.05) is 36.7 Å². The van der Waals surface area contributed by atoms with Crippen LogP contribution in [0.5, 0.6) is 5.75 Å². The van der Waals surface area contributed by atoms with Crippen LogP contribution >= 0.6 is 0 Å². The zero-order valence-corrected chi connectivity index (χ0v) is 14.7. The van der Waals surface area contributed by atoms with E-state index >= 15 is 0 Å². The van der Waals surface area contributed by atoms with Gasteiger partial charge in [-0.3, -0.25) is 4.90 Å². The van der Waals surface area contributed by atoms with Gasteiger partial charge in [0.25, 0.3) is 0 Å². The quantitative estimate of drug-likeness (QED) is 0.798. The van der Waals surface area contributed by atoms with E-state index in [0.29, 0.717) is 11.6 Å². The van der Waals surface area contributed by atoms with Crippen LogP contribution in [-0.4, -0.2) is 24.6 Å². The van der Waals surface area contributed by atoms with Crippen LogP contribution in [0.3, 0.4) is 0 Å². The Kier molecular flexibility index (Phi) is 3.63. The van der Waals surface area contributed by atoms with Gasteiger partial charge in [-0.1, -0.05) is 0 Å². The summed E-state index contributed by atoms with van der Waals surface area (Å²) in [4.78, 5) is 14.7. The van der Waals surface area contributed by atoms with Crippen molar-refractivity contribution in [2.75, 3.05) is 13.7 Å². The van der Waals surface area contributed by atoms with Gasteiger partial charge >= 0.3 is 5.63 Å². The molecule has 0 radical (unpaired) electrons. The number of hydrogen-bond donors (Lipinski definition) is 0. The molecule has 0 spiro atoms. The first-order chi connectivity index (χ1) is 12.2. The van der Waals surface area contributed by atoms with Gasteiger partial charge < -0.3 is 9.15 Å². The Morgan fingerprint density at radius 1 is 1.08 bits per heavy atom. The van der Waals surface area contributed by atoms with E-state index in [1.807, 2.05) is 18.2 Å². The molecule has 6 rings (SSSR count). The Morgan fingerprint density at radius 2 is 1.84 bits per heavy atom. The van der Waals surface area contributed by atoms with Crippen molar-refractivity contribution in [1.29, 1.82) is 0 Å². The molecule has 2 aromatic rings. The molecule has 2 unspecified atom stereocenters. The molecule has 0 amide bonds. The molecule has 2 aliphatic heterocycles. The third kappa shape index (κ3) is 2.77. The second-order valence-electron chi connectivity index (χ2n) is 8.31. The zero-order valence-electron chi connectivity index (χ0n) is 14.7. The lowest BCUT2D eigenvalue weighted by molar-refractivity contribution is 0.122. The van der Waals surface area contributed by atoms with E-state index in [4.69, 9.17) is 9.15 Å². The fourth-order valence-electron chi connectivity index (χ4n) is 5.76. The molecule has 4 fully saturated rings. The Morgan fingerprint density at radius 3 is 2.60 bits per heavy atom. The summed E-state index contributed by atoms with van der Waals surface area (Å²) in [5, 5.41) is 1.03. The molecule has 0 N–H and O–H groups in total. The first kappa shape index (κ1) is 15.4. The van der Waals surface area contributed by atoms with Gasteiger partial charge in [0.05, 0.1) is 7.11 Å². The zero-order chi connectivity index (χ0) is 17.0. The summed E-state index contributed by atoms with van der Waals surface area (Å²) < 4.78 is 10.7. The minimum Gasteiger partial charge on any atom is -0.497 e. The van der Waals surface area contributed by atoms with Crippen LogP contribution in [-0.2, 0) is 6.54 Å². The molecule has 4 bridgehead atoms. The summed E-state index contributed by atoms with van der Waals surface area (Å²) >= 11 is 0. The number of nitrogens with zero attached hydrogens (tertiary/aromatic N) is 1. The fourth-order valence-corrected chi connectivity index (χ4v) is 5.76. The summed E-state index contributed by atoms with van der Waals surface area (Å²) in [5.41, 5.74) is 1.45. The van der Waals surface area contributed by atoms with E-state index in [0.717, 1.165) is 41.0 Å². The standard InChI is InChI=1S/C21H25NO3/c1-24-18-2-3-19-16(9-21(23)25-20(19)10-18)12-22-11-15-5-13-4-14(6-15)8-17(22)7-13/h2-3,9-10,13-15,17H,4-8,11-12H2,1H3. The Balaban J connectivity index is 1.50. The molecule has 1 aromatic carbocycles. The summed E-state index contributed by atoms with van der Waals surface area (Å²) in [6, 6.07) is 8.16. The second-order valence-corrected chi connectivity index (χ2v) is 8.31. The summed E-state index contributed by atoms with van der Waals surface area (Å²) in [6.07, 6.45) is 6.98. The van der Waals surface area contributed by atoms with Crippen LogP contribution in [0.4, 0.5) is 0 Å². The highest BCUT2D eigenvalue weighted by atomic mass is 16.5. The highest BCUT2D eigenvalue weighted by Gasteiger charge is 2.42. The van der Waals surface area contributed by atoms with Gasteiger partial charge in [0.1, 0.15) is 11.3 Å². The van der Waals surface area contributed by atoms with Gasteiger partial charge in [-0.05, 0) is 67.6 Å². The number of benzene rings is 1. The topological polar surface area (TPSA) is 42.7 Å². The van der Waals surface area contributed by atoms with Crippen LogP contribution in [0.25, 0.3) is 11.0 Å². The lowest BCUT2D eigenvalue weighted by atomic mass is 9.68. The molecule has 25 heavy (non-hydrogen) atoms. The Hall–Kier alpha value is -1.81. The van der Waals surface area contributed by atoms with Gasteiger partial charge in [-0.15, -0.1) is 0 Å².